The summed E-state index contributed by atoms with van der Waals surface area (Å²) in [7, 11) is -1.95. The molecule has 0 radical (unpaired) electrons. The Hall–Kier alpha value is -0.500. The predicted molar refractivity (Wildman–Crippen MR) is 83.5 cm³/mol. The minimum Gasteiger partial charge on any atom is -0.447 e. The molecule has 1 N–H and O–H groups in total. The van der Waals surface area contributed by atoms with Gasteiger partial charge in [0.1, 0.15) is 5.76 Å². The molecule has 0 aliphatic carbocycles. The van der Waals surface area contributed by atoms with Gasteiger partial charge in [0, 0.05) is 18.8 Å². The van der Waals surface area contributed by atoms with Crippen molar-refractivity contribution in [1.82, 2.24) is 9.62 Å². The summed E-state index contributed by atoms with van der Waals surface area (Å²) in [5.41, 5.74) is 0. The van der Waals surface area contributed by atoms with Crippen molar-refractivity contribution in [2.75, 3.05) is 25.6 Å². The van der Waals surface area contributed by atoms with Crippen LogP contribution in [-0.2, 0) is 16.6 Å². The van der Waals surface area contributed by atoms with E-state index in [0.717, 1.165) is 18.7 Å². The van der Waals surface area contributed by atoms with Gasteiger partial charge in [-0.25, -0.2) is 8.42 Å². The highest BCUT2D eigenvalue weighted by atomic mass is 32.2. The van der Waals surface area contributed by atoms with Gasteiger partial charge in [-0.1, -0.05) is 6.92 Å². The molecule has 1 unspecified atom stereocenters. The molecule has 0 spiro atoms. The number of nitrogens with one attached hydrogen (secondary N) is 1. The zero-order valence-corrected chi connectivity index (χ0v) is 14.2. The molecular weight excluding hydrogens is 296 g/mol. The van der Waals surface area contributed by atoms with E-state index in [4.69, 9.17) is 4.42 Å². The van der Waals surface area contributed by atoms with Crippen LogP contribution >= 0.6 is 11.8 Å². The Morgan fingerprint density at radius 1 is 1.45 bits per heavy atom. The Morgan fingerprint density at radius 2 is 2.15 bits per heavy atom. The maximum absolute atomic E-state index is 12.4. The average Bonchev–Trinajstić information content (AvgIpc) is 2.88. The molecule has 0 bridgehead atoms. The number of rotatable bonds is 9. The van der Waals surface area contributed by atoms with Crippen LogP contribution in [0.25, 0.3) is 0 Å². The zero-order chi connectivity index (χ0) is 15.2. The minimum atomic E-state index is -3.54. The fourth-order valence-electron chi connectivity index (χ4n) is 1.71. The lowest BCUT2D eigenvalue weighted by Crippen LogP contribution is -2.36. The Morgan fingerprint density at radius 3 is 2.75 bits per heavy atom. The Labute approximate surface area is 126 Å². The van der Waals surface area contributed by atoms with Crippen LogP contribution in [-0.4, -0.2) is 44.4 Å². The van der Waals surface area contributed by atoms with Crippen molar-refractivity contribution in [1.29, 1.82) is 0 Å². The van der Waals surface area contributed by atoms with Crippen LogP contribution < -0.4 is 5.32 Å². The molecule has 0 aromatic carbocycles. The summed E-state index contributed by atoms with van der Waals surface area (Å²) >= 11 is 1.62. The van der Waals surface area contributed by atoms with Crippen molar-refractivity contribution in [2.24, 2.45) is 0 Å². The highest BCUT2D eigenvalue weighted by molar-refractivity contribution is 7.98. The van der Waals surface area contributed by atoms with E-state index >= 15 is 0 Å². The van der Waals surface area contributed by atoms with Crippen LogP contribution in [0, 0.1) is 0 Å². The molecule has 1 aromatic heterocycles. The molecule has 1 atom stereocenters. The number of thioether (sulfide) groups is 1. The van der Waals surface area contributed by atoms with Gasteiger partial charge in [-0.15, -0.1) is 0 Å². The van der Waals surface area contributed by atoms with Gasteiger partial charge in [0.15, 0.2) is 0 Å². The first-order valence-electron chi connectivity index (χ1n) is 6.69. The van der Waals surface area contributed by atoms with Gasteiger partial charge in [0.05, 0.1) is 6.54 Å². The summed E-state index contributed by atoms with van der Waals surface area (Å²) in [4.78, 5) is 0. The third-order valence-electron chi connectivity index (χ3n) is 3.02. The van der Waals surface area contributed by atoms with Crippen molar-refractivity contribution in [2.45, 2.75) is 37.9 Å². The van der Waals surface area contributed by atoms with Gasteiger partial charge >= 0.3 is 0 Å². The van der Waals surface area contributed by atoms with E-state index in [-0.39, 0.29) is 11.1 Å². The molecule has 0 saturated carbocycles. The van der Waals surface area contributed by atoms with E-state index < -0.39 is 10.0 Å². The molecule has 20 heavy (non-hydrogen) atoms. The van der Waals surface area contributed by atoms with Gasteiger partial charge in [-0.2, -0.15) is 16.1 Å². The van der Waals surface area contributed by atoms with Crippen molar-refractivity contribution in [3.63, 3.8) is 0 Å². The van der Waals surface area contributed by atoms with E-state index in [0.29, 0.717) is 12.3 Å². The van der Waals surface area contributed by atoms with Crippen LogP contribution in [0.5, 0.6) is 0 Å². The molecule has 1 heterocycles. The zero-order valence-electron chi connectivity index (χ0n) is 12.5. The summed E-state index contributed by atoms with van der Waals surface area (Å²) in [6.45, 7) is 5.40. The second-order valence-corrected chi connectivity index (χ2v) is 7.56. The highest BCUT2D eigenvalue weighted by Gasteiger charge is 2.28. The molecule has 0 saturated heterocycles. The van der Waals surface area contributed by atoms with Crippen LogP contribution in [0.2, 0.25) is 0 Å². The molecule has 7 heteroatoms. The third-order valence-corrected chi connectivity index (χ3v) is 5.69. The highest BCUT2D eigenvalue weighted by Crippen LogP contribution is 2.20. The SMILES string of the molecule is CCCNCc1ccc(S(=O)(=O)N(C)C(C)CSC)o1. The maximum Gasteiger partial charge on any atom is 0.276 e. The first kappa shape index (κ1) is 17.6. The number of nitrogens with zero attached hydrogens (tertiary/aromatic N) is 1. The van der Waals surface area contributed by atoms with Crippen molar-refractivity contribution >= 4 is 21.8 Å². The maximum atomic E-state index is 12.4. The molecule has 1 aromatic rings. The first-order valence-corrected chi connectivity index (χ1v) is 9.53. The Balaban J connectivity index is 2.77. The normalized spacial score (nSPS) is 13.8. The molecule has 0 fully saturated rings. The van der Waals surface area contributed by atoms with E-state index in [1.807, 2.05) is 13.2 Å². The molecule has 116 valence electrons. The van der Waals surface area contributed by atoms with Crippen molar-refractivity contribution in [3.8, 4) is 0 Å². The molecule has 0 amide bonds. The predicted octanol–water partition coefficient (Wildman–Crippen LogP) is 2.15. The van der Waals surface area contributed by atoms with Gasteiger partial charge in [0.2, 0.25) is 5.09 Å². The minimum absolute atomic E-state index is 0.0150. The second kappa shape index (κ2) is 8.07. The molecule has 1 rings (SSSR count). The van der Waals surface area contributed by atoms with E-state index in [1.165, 1.54) is 10.4 Å². The monoisotopic (exact) mass is 320 g/mol. The van der Waals surface area contributed by atoms with E-state index in [1.54, 1.807) is 24.9 Å². The number of furan rings is 1. The second-order valence-electron chi connectivity index (χ2n) is 4.72. The largest absolute Gasteiger partial charge is 0.447 e. The molecule has 0 aliphatic heterocycles. The van der Waals surface area contributed by atoms with E-state index in [9.17, 15) is 8.42 Å². The quantitative estimate of drug-likeness (QED) is 0.706. The lowest BCUT2D eigenvalue weighted by Gasteiger charge is -2.22. The Bertz CT molecular complexity index is 499. The van der Waals surface area contributed by atoms with Gasteiger partial charge in [-0.3, -0.25) is 0 Å². The van der Waals surface area contributed by atoms with Crippen molar-refractivity contribution in [3.05, 3.63) is 17.9 Å². The van der Waals surface area contributed by atoms with Crippen LogP contribution in [0.3, 0.4) is 0 Å². The molecule has 0 aliphatic rings. The Kier molecular flexibility index (Phi) is 7.08. The standard InChI is InChI=1S/C13H24N2O3S2/c1-5-8-14-9-12-6-7-13(18-12)20(16,17)15(3)11(2)10-19-4/h6-7,11,14H,5,8-10H2,1-4H3. The molecular formula is C13H24N2O3S2. The van der Waals surface area contributed by atoms with Crippen LogP contribution in [0.15, 0.2) is 21.6 Å². The summed E-state index contributed by atoms with van der Waals surface area (Å²) < 4.78 is 31.6. The lowest BCUT2D eigenvalue weighted by atomic mass is 10.4. The van der Waals surface area contributed by atoms with Gasteiger partial charge in [-0.05, 0) is 38.3 Å². The number of sulfonamides is 1. The topological polar surface area (TPSA) is 62.6 Å². The first-order chi connectivity index (χ1) is 9.43. The smallest absolute Gasteiger partial charge is 0.276 e. The third kappa shape index (κ3) is 4.51. The van der Waals surface area contributed by atoms with E-state index in [2.05, 4.69) is 12.2 Å². The number of hydrogen-bond acceptors (Lipinski definition) is 5. The van der Waals surface area contributed by atoms with Gasteiger partial charge in [0.25, 0.3) is 10.0 Å². The summed E-state index contributed by atoms with van der Waals surface area (Å²) in [6, 6.07) is 3.17. The fourth-order valence-corrected chi connectivity index (χ4v) is 3.79. The average molecular weight is 320 g/mol. The number of hydrogen-bond donors (Lipinski definition) is 1. The van der Waals surface area contributed by atoms with Crippen LogP contribution in [0.4, 0.5) is 0 Å². The molecule has 5 nitrogen and oxygen atoms in total. The summed E-state index contributed by atoms with van der Waals surface area (Å²) in [6.07, 6.45) is 2.99. The summed E-state index contributed by atoms with van der Waals surface area (Å²) in [5, 5.41) is 3.20. The van der Waals surface area contributed by atoms with Crippen molar-refractivity contribution < 1.29 is 12.8 Å². The summed E-state index contributed by atoms with van der Waals surface area (Å²) in [5.74, 6) is 1.39. The lowest BCUT2D eigenvalue weighted by molar-refractivity contribution is 0.364. The van der Waals surface area contributed by atoms with Gasteiger partial charge < -0.3 is 9.73 Å². The van der Waals surface area contributed by atoms with Crippen LogP contribution in [0.1, 0.15) is 26.0 Å². The fraction of sp³-hybridized carbons (Fsp3) is 0.692.